The summed E-state index contributed by atoms with van der Waals surface area (Å²) in [5, 5.41) is 8.82. The lowest BCUT2D eigenvalue weighted by molar-refractivity contribution is 0.0938. The van der Waals surface area contributed by atoms with E-state index < -0.39 is 0 Å². The molecule has 1 unspecified atom stereocenters. The lowest BCUT2D eigenvalue weighted by Gasteiger charge is -2.38. The maximum Gasteiger partial charge on any atom is 0.0540 e. The smallest absolute Gasteiger partial charge is 0.0540 e. The molecule has 0 aromatic heterocycles. The van der Waals surface area contributed by atoms with E-state index in [4.69, 9.17) is 5.11 Å². The van der Waals surface area contributed by atoms with Crippen LogP contribution in [0.5, 0.6) is 0 Å². The molecule has 0 radical (unpaired) electrons. The van der Waals surface area contributed by atoms with Gasteiger partial charge >= 0.3 is 0 Å². The van der Waals surface area contributed by atoms with Crippen molar-refractivity contribution in [3.63, 3.8) is 0 Å². The zero-order valence-corrected chi connectivity index (χ0v) is 12.5. The summed E-state index contributed by atoms with van der Waals surface area (Å²) in [6.07, 6.45) is 0.541. The average molecular weight is 272 g/mol. The first-order chi connectivity index (χ1) is 9.70. The topological polar surface area (TPSA) is 26.7 Å². The second kappa shape index (κ2) is 7.44. The molecular formula is C17H24N2O. The van der Waals surface area contributed by atoms with Gasteiger partial charge in [0.05, 0.1) is 6.61 Å². The van der Waals surface area contributed by atoms with Gasteiger partial charge in [-0.3, -0.25) is 4.90 Å². The summed E-state index contributed by atoms with van der Waals surface area (Å²) in [6.45, 7) is 6.73. The number of hydrogen-bond acceptors (Lipinski definition) is 3. The van der Waals surface area contributed by atoms with Gasteiger partial charge in [-0.05, 0) is 25.6 Å². The van der Waals surface area contributed by atoms with Crippen LogP contribution in [0, 0.1) is 11.8 Å². The highest BCUT2D eigenvalue weighted by atomic mass is 16.2. The molecule has 1 aromatic rings. The first kappa shape index (κ1) is 15.1. The summed E-state index contributed by atoms with van der Waals surface area (Å²) in [5.74, 6) is 6.20. The molecule has 1 aliphatic heterocycles. The summed E-state index contributed by atoms with van der Waals surface area (Å²) >= 11 is 0. The highest BCUT2D eigenvalue weighted by molar-refractivity contribution is 5.41. The SMILES string of the molecule is CC1CN(C)CCN1Cc1ccccc1C#CCCO. The number of hydrogen-bond donors (Lipinski definition) is 1. The van der Waals surface area contributed by atoms with E-state index >= 15 is 0 Å². The third-order valence-corrected chi connectivity index (χ3v) is 3.82. The van der Waals surface area contributed by atoms with Crippen LogP contribution < -0.4 is 0 Å². The van der Waals surface area contributed by atoms with Gasteiger partial charge in [-0.25, -0.2) is 0 Å². The van der Waals surface area contributed by atoms with Crippen molar-refractivity contribution in [2.45, 2.75) is 25.9 Å². The van der Waals surface area contributed by atoms with Crippen LogP contribution in [0.15, 0.2) is 24.3 Å². The molecule has 0 bridgehead atoms. The van der Waals surface area contributed by atoms with Gasteiger partial charge in [0.25, 0.3) is 0 Å². The second-order valence-electron chi connectivity index (χ2n) is 5.51. The monoisotopic (exact) mass is 272 g/mol. The molecule has 1 fully saturated rings. The Morgan fingerprint density at radius 3 is 2.85 bits per heavy atom. The predicted octanol–water partition coefficient (Wildman–Crippen LogP) is 1.56. The zero-order chi connectivity index (χ0) is 14.4. The van der Waals surface area contributed by atoms with Crippen molar-refractivity contribution in [1.82, 2.24) is 9.80 Å². The predicted molar refractivity (Wildman–Crippen MR) is 82.4 cm³/mol. The number of aliphatic hydroxyl groups is 1. The van der Waals surface area contributed by atoms with E-state index in [0.717, 1.165) is 31.7 Å². The van der Waals surface area contributed by atoms with E-state index in [1.54, 1.807) is 0 Å². The third-order valence-electron chi connectivity index (χ3n) is 3.82. The molecule has 1 heterocycles. The van der Waals surface area contributed by atoms with E-state index in [0.29, 0.717) is 12.5 Å². The fraction of sp³-hybridized carbons (Fsp3) is 0.529. The van der Waals surface area contributed by atoms with Crippen molar-refractivity contribution >= 4 is 0 Å². The maximum atomic E-state index is 8.82. The Morgan fingerprint density at radius 1 is 1.30 bits per heavy atom. The highest BCUT2D eigenvalue weighted by Crippen LogP contribution is 2.15. The summed E-state index contributed by atoms with van der Waals surface area (Å²) in [6, 6.07) is 8.91. The normalized spacial score (nSPS) is 20.4. The molecule has 0 spiro atoms. The minimum atomic E-state index is 0.130. The van der Waals surface area contributed by atoms with Crippen molar-refractivity contribution < 1.29 is 5.11 Å². The first-order valence-electron chi connectivity index (χ1n) is 7.31. The summed E-state index contributed by atoms with van der Waals surface area (Å²) in [7, 11) is 2.18. The van der Waals surface area contributed by atoms with Crippen LogP contribution in [0.2, 0.25) is 0 Å². The van der Waals surface area contributed by atoms with E-state index in [9.17, 15) is 0 Å². The molecule has 0 aliphatic carbocycles. The molecule has 1 N–H and O–H groups in total. The molecule has 20 heavy (non-hydrogen) atoms. The first-order valence-corrected chi connectivity index (χ1v) is 7.31. The standard InChI is InChI=1S/C17H24N2O/c1-15-13-18(2)10-11-19(15)14-17-9-4-3-7-16(17)8-5-6-12-20/h3-4,7,9,15,20H,6,10-14H2,1-2H3. The van der Waals surface area contributed by atoms with Crippen LogP contribution >= 0.6 is 0 Å². The molecule has 1 aliphatic rings. The Labute approximate surface area is 122 Å². The molecule has 108 valence electrons. The number of benzene rings is 1. The number of nitrogens with zero attached hydrogens (tertiary/aromatic N) is 2. The average Bonchev–Trinajstić information content (AvgIpc) is 2.44. The Morgan fingerprint density at radius 2 is 2.10 bits per heavy atom. The molecule has 1 saturated heterocycles. The summed E-state index contributed by atoms with van der Waals surface area (Å²) in [5.41, 5.74) is 2.38. The Kier molecular flexibility index (Phi) is 5.60. The Hall–Kier alpha value is -1.34. The summed E-state index contributed by atoms with van der Waals surface area (Å²) < 4.78 is 0. The van der Waals surface area contributed by atoms with E-state index in [1.807, 2.05) is 6.07 Å². The van der Waals surface area contributed by atoms with E-state index in [-0.39, 0.29) is 6.61 Å². The fourth-order valence-corrected chi connectivity index (χ4v) is 2.62. The van der Waals surface area contributed by atoms with Crippen LogP contribution in [0.4, 0.5) is 0 Å². The third kappa shape index (κ3) is 4.08. The number of aliphatic hydroxyl groups excluding tert-OH is 1. The minimum absolute atomic E-state index is 0.130. The lowest BCUT2D eigenvalue weighted by atomic mass is 10.1. The molecule has 1 aromatic carbocycles. The van der Waals surface area contributed by atoms with Crippen molar-refractivity contribution in [1.29, 1.82) is 0 Å². The molecule has 0 saturated carbocycles. The van der Waals surface area contributed by atoms with E-state index in [1.165, 1.54) is 5.56 Å². The number of piperazine rings is 1. The number of rotatable bonds is 3. The van der Waals surface area contributed by atoms with Gasteiger partial charge in [-0.2, -0.15) is 0 Å². The van der Waals surface area contributed by atoms with Gasteiger partial charge in [0.1, 0.15) is 0 Å². The van der Waals surface area contributed by atoms with Crippen LogP contribution in [0.25, 0.3) is 0 Å². The Balaban J connectivity index is 2.07. The minimum Gasteiger partial charge on any atom is -0.395 e. The quantitative estimate of drug-likeness (QED) is 0.846. The highest BCUT2D eigenvalue weighted by Gasteiger charge is 2.21. The van der Waals surface area contributed by atoms with E-state index in [2.05, 4.69) is 53.8 Å². The molecule has 3 heteroatoms. The van der Waals surface area contributed by atoms with Crippen LogP contribution in [-0.4, -0.2) is 54.2 Å². The van der Waals surface area contributed by atoms with Gasteiger partial charge < -0.3 is 10.0 Å². The number of likely N-dealkylation sites (N-methyl/N-ethyl adjacent to an activating group) is 1. The van der Waals surface area contributed by atoms with Crippen LogP contribution in [0.1, 0.15) is 24.5 Å². The molecule has 0 amide bonds. The second-order valence-corrected chi connectivity index (χ2v) is 5.51. The Bertz CT molecular complexity index is 489. The van der Waals surface area contributed by atoms with Gasteiger partial charge in [-0.1, -0.05) is 30.0 Å². The molecule has 3 nitrogen and oxygen atoms in total. The summed E-state index contributed by atoms with van der Waals surface area (Å²) in [4.78, 5) is 4.90. The van der Waals surface area contributed by atoms with Crippen molar-refractivity contribution in [2.24, 2.45) is 0 Å². The lowest BCUT2D eigenvalue weighted by Crippen LogP contribution is -2.49. The van der Waals surface area contributed by atoms with Gasteiger partial charge in [0.15, 0.2) is 0 Å². The van der Waals surface area contributed by atoms with Gasteiger partial charge in [-0.15, -0.1) is 0 Å². The molecular weight excluding hydrogens is 248 g/mol. The van der Waals surface area contributed by atoms with Crippen LogP contribution in [-0.2, 0) is 6.54 Å². The van der Waals surface area contributed by atoms with Crippen molar-refractivity contribution in [2.75, 3.05) is 33.3 Å². The van der Waals surface area contributed by atoms with Crippen molar-refractivity contribution in [3.05, 3.63) is 35.4 Å². The maximum absolute atomic E-state index is 8.82. The van der Waals surface area contributed by atoms with Gasteiger partial charge in [0, 0.05) is 44.2 Å². The largest absolute Gasteiger partial charge is 0.395 e. The molecule has 2 rings (SSSR count). The van der Waals surface area contributed by atoms with Gasteiger partial charge in [0.2, 0.25) is 0 Å². The van der Waals surface area contributed by atoms with Crippen LogP contribution in [0.3, 0.4) is 0 Å². The van der Waals surface area contributed by atoms with Crippen molar-refractivity contribution in [3.8, 4) is 11.8 Å². The fourth-order valence-electron chi connectivity index (χ4n) is 2.62. The zero-order valence-electron chi connectivity index (χ0n) is 12.5. The molecule has 1 atom stereocenters.